The lowest BCUT2D eigenvalue weighted by Crippen LogP contribution is -2.03. The molecule has 18 heavy (non-hydrogen) atoms. The highest BCUT2D eigenvalue weighted by molar-refractivity contribution is 5.66. The van der Waals surface area contributed by atoms with Crippen LogP contribution in [0.2, 0.25) is 0 Å². The van der Waals surface area contributed by atoms with Gasteiger partial charge in [-0.3, -0.25) is 0 Å². The number of nitrogens with zero attached hydrogens (tertiary/aromatic N) is 1. The zero-order valence-corrected chi connectivity index (χ0v) is 10.6. The number of rotatable bonds is 4. The molecule has 94 valence electrons. The molecule has 1 aromatic carbocycles. The van der Waals surface area contributed by atoms with Gasteiger partial charge < -0.3 is 15.8 Å². The summed E-state index contributed by atoms with van der Waals surface area (Å²) in [6, 6.07) is 9.78. The van der Waals surface area contributed by atoms with Gasteiger partial charge in [-0.1, -0.05) is 12.1 Å². The molecule has 4 heteroatoms. The summed E-state index contributed by atoms with van der Waals surface area (Å²) in [6.07, 6.45) is 1.77. The molecule has 0 aliphatic carbocycles. The van der Waals surface area contributed by atoms with Crippen molar-refractivity contribution in [3.8, 4) is 5.75 Å². The molecule has 0 aliphatic rings. The van der Waals surface area contributed by atoms with Crippen LogP contribution in [0.5, 0.6) is 5.75 Å². The maximum Gasteiger partial charge on any atom is 0.146 e. The van der Waals surface area contributed by atoms with Crippen molar-refractivity contribution >= 4 is 11.5 Å². The van der Waals surface area contributed by atoms with Crippen molar-refractivity contribution in [2.45, 2.75) is 13.5 Å². The van der Waals surface area contributed by atoms with Crippen LogP contribution in [-0.2, 0) is 6.54 Å². The Hall–Kier alpha value is -2.07. The van der Waals surface area contributed by atoms with Gasteiger partial charge in [-0.2, -0.15) is 0 Å². The molecule has 3 N–H and O–H groups in total. The number of pyridine rings is 1. The van der Waals surface area contributed by atoms with Crippen LogP contribution in [0.25, 0.3) is 0 Å². The van der Waals surface area contributed by atoms with Crippen molar-refractivity contribution in [1.82, 2.24) is 4.98 Å². The fourth-order valence-electron chi connectivity index (χ4n) is 1.83. The van der Waals surface area contributed by atoms with Crippen LogP contribution in [0.4, 0.5) is 11.5 Å². The van der Waals surface area contributed by atoms with Crippen molar-refractivity contribution in [3.05, 3.63) is 47.7 Å². The Morgan fingerprint density at radius 2 is 2.17 bits per heavy atom. The average molecular weight is 243 g/mol. The molecule has 0 atom stereocenters. The van der Waals surface area contributed by atoms with Crippen LogP contribution in [0.15, 0.2) is 36.5 Å². The largest absolute Gasteiger partial charge is 0.494 e. The third kappa shape index (κ3) is 2.60. The van der Waals surface area contributed by atoms with Crippen molar-refractivity contribution in [1.29, 1.82) is 0 Å². The molecule has 1 aromatic heterocycles. The van der Waals surface area contributed by atoms with E-state index in [-0.39, 0.29) is 0 Å². The minimum absolute atomic E-state index is 0.444. The topological polar surface area (TPSA) is 60.2 Å². The molecule has 0 aliphatic heterocycles. The van der Waals surface area contributed by atoms with E-state index in [1.54, 1.807) is 13.3 Å². The lowest BCUT2D eigenvalue weighted by Gasteiger charge is -2.13. The summed E-state index contributed by atoms with van der Waals surface area (Å²) in [5.41, 5.74) is 8.68. The van der Waals surface area contributed by atoms with Gasteiger partial charge in [-0.15, -0.1) is 0 Å². The monoisotopic (exact) mass is 243 g/mol. The number of ether oxygens (including phenoxy) is 1. The van der Waals surface area contributed by atoms with E-state index in [0.29, 0.717) is 6.54 Å². The summed E-state index contributed by atoms with van der Waals surface area (Å²) < 4.78 is 5.40. The van der Waals surface area contributed by atoms with Crippen LogP contribution in [0, 0.1) is 6.92 Å². The molecular formula is C14H17N3O. The third-order valence-corrected chi connectivity index (χ3v) is 2.70. The van der Waals surface area contributed by atoms with Crippen LogP contribution < -0.4 is 15.8 Å². The zero-order chi connectivity index (χ0) is 13.0. The van der Waals surface area contributed by atoms with Crippen LogP contribution in [-0.4, -0.2) is 12.1 Å². The molecule has 0 amide bonds. The van der Waals surface area contributed by atoms with Crippen LogP contribution >= 0.6 is 0 Å². The highest BCUT2D eigenvalue weighted by Crippen LogP contribution is 2.30. The molecule has 2 rings (SSSR count). The quantitative estimate of drug-likeness (QED) is 0.866. The molecule has 0 fully saturated rings. The average Bonchev–Trinajstić information content (AvgIpc) is 2.38. The fraction of sp³-hybridized carbons (Fsp3) is 0.214. The molecule has 0 saturated carbocycles. The predicted molar refractivity (Wildman–Crippen MR) is 73.1 cm³/mol. The number of benzene rings is 1. The Bertz CT molecular complexity index is 540. The van der Waals surface area contributed by atoms with E-state index in [1.807, 2.05) is 37.3 Å². The van der Waals surface area contributed by atoms with Crippen LogP contribution in [0.1, 0.15) is 11.1 Å². The number of hydrogen-bond donors (Lipinski definition) is 2. The Morgan fingerprint density at radius 1 is 1.33 bits per heavy atom. The van der Waals surface area contributed by atoms with Gasteiger partial charge in [0.25, 0.3) is 0 Å². The number of aromatic nitrogens is 1. The van der Waals surface area contributed by atoms with Crippen molar-refractivity contribution in [2.75, 3.05) is 12.4 Å². The highest BCUT2D eigenvalue weighted by Gasteiger charge is 2.08. The van der Waals surface area contributed by atoms with Crippen molar-refractivity contribution in [2.24, 2.45) is 5.73 Å². The van der Waals surface area contributed by atoms with E-state index in [1.165, 1.54) is 0 Å². The lowest BCUT2D eigenvalue weighted by atomic mass is 10.1. The summed E-state index contributed by atoms with van der Waals surface area (Å²) in [5, 5.41) is 3.25. The van der Waals surface area contributed by atoms with Gasteiger partial charge in [-0.05, 0) is 30.7 Å². The first-order valence-electron chi connectivity index (χ1n) is 5.80. The Morgan fingerprint density at radius 3 is 2.83 bits per heavy atom. The molecule has 0 unspecified atom stereocenters. The molecule has 1 heterocycles. The summed E-state index contributed by atoms with van der Waals surface area (Å²) in [4.78, 5) is 4.27. The molecular weight excluding hydrogens is 226 g/mol. The minimum Gasteiger partial charge on any atom is -0.494 e. The number of hydrogen-bond acceptors (Lipinski definition) is 4. The first-order valence-corrected chi connectivity index (χ1v) is 5.80. The minimum atomic E-state index is 0.444. The van der Waals surface area contributed by atoms with E-state index in [4.69, 9.17) is 10.5 Å². The van der Waals surface area contributed by atoms with Crippen molar-refractivity contribution < 1.29 is 4.74 Å². The molecule has 0 bridgehead atoms. The first-order chi connectivity index (χ1) is 8.74. The molecule has 0 spiro atoms. The maximum atomic E-state index is 5.69. The lowest BCUT2D eigenvalue weighted by molar-refractivity contribution is 0.412. The van der Waals surface area contributed by atoms with E-state index in [9.17, 15) is 0 Å². The van der Waals surface area contributed by atoms with Gasteiger partial charge >= 0.3 is 0 Å². The molecule has 2 aromatic rings. The smallest absolute Gasteiger partial charge is 0.146 e. The molecule has 4 nitrogen and oxygen atoms in total. The highest BCUT2D eigenvalue weighted by atomic mass is 16.5. The zero-order valence-electron chi connectivity index (χ0n) is 10.6. The second-order valence-electron chi connectivity index (χ2n) is 4.05. The van der Waals surface area contributed by atoms with Gasteiger partial charge in [0, 0.05) is 18.3 Å². The number of methoxy groups -OCH3 is 1. The van der Waals surface area contributed by atoms with Gasteiger partial charge in [0.05, 0.1) is 12.8 Å². The van der Waals surface area contributed by atoms with Crippen molar-refractivity contribution in [3.63, 3.8) is 0 Å². The SMILES string of the molecule is COc1c(CN)cccc1Nc1cc(C)ccn1. The number of anilines is 2. The second-order valence-corrected chi connectivity index (χ2v) is 4.05. The summed E-state index contributed by atoms with van der Waals surface area (Å²) >= 11 is 0. The predicted octanol–water partition coefficient (Wildman–Crippen LogP) is 2.60. The summed E-state index contributed by atoms with van der Waals surface area (Å²) in [7, 11) is 1.64. The number of para-hydroxylation sites is 1. The Labute approximate surface area is 107 Å². The fourth-order valence-corrected chi connectivity index (χ4v) is 1.83. The Balaban J connectivity index is 2.34. The third-order valence-electron chi connectivity index (χ3n) is 2.70. The van der Waals surface area contributed by atoms with E-state index in [2.05, 4.69) is 10.3 Å². The van der Waals surface area contributed by atoms with Crippen LogP contribution in [0.3, 0.4) is 0 Å². The van der Waals surface area contributed by atoms with Gasteiger partial charge in [0.2, 0.25) is 0 Å². The summed E-state index contributed by atoms with van der Waals surface area (Å²) in [5.74, 6) is 1.56. The van der Waals surface area contributed by atoms with E-state index >= 15 is 0 Å². The molecule has 0 radical (unpaired) electrons. The number of nitrogens with one attached hydrogen (secondary N) is 1. The van der Waals surface area contributed by atoms with Gasteiger partial charge in [0.1, 0.15) is 11.6 Å². The maximum absolute atomic E-state index is 5.69. The first kappa shape index (κ1) is 12.4. The van der Waals surface area contributed by atoms with E-state index in [0.717, 1.165) is 28.4 Å². The number of nitrogens with two attached hydrogens (primary N) is 1. The summed E-state index contributed by atoms with van der Waals surface area (Å²) in [6.45, 7) is 2.47. The molecule has 0 saturated heterocycles. The van der Waals surface area contributed by atoms with Gasteiger partial charge in [-0.25, -0.2) is 4.98 Å². The standard InChI is InChI=1S/C14H17N3O/c1-10-6-7-16-13(8-10)17-12-5-3-4-11(9-15)14(12)18-2/h3-8H,9,15H2,1-2H3,(H,16,17). The number of aryl methyl sites for hydroxylation is 1. The normalized spacial score (nSPS) is 10.2. The Kier molecular flexibility index (Phi) is 3.79. The second kappa shape index (κ2) is 5.51. The van der Waals surface area contributed by atoms with E-state index < -0.39 is 0 Å². The van der Waals surface area contributed by atoms with Gasteiger partial charge in [0.15, 0.2) is 0 Å².